The molecular formula is C15H22N4O2. The standard InChI is InChI=1S/C15H22N4O2/c1-6-15(3,4)8-17-12-10(14(20)21)7-16-13-11(12)9(2)18-19(13)5/h7H,6,8H2,1-5H3,(H,16,17)(H,20,21). The number of aromatic nitrogens is 3. The van der Waals surface area contributed by atoms with Crippen LogP contribution in [0.4, 0.5) is 5.69 Å². The highest BCUT2D eigenvalue weighted by atomic mass is 16.4. The van der Waals surface area contributed by atoms with Gasteiger partial charge < -0.3 is 10.4 Å². The highest BCUT2D eigenvalue weighted by Gasteiger charge is 2.21. The third-order valence-corrected chi connectivity index (χ3v) is 3.96. The molecular weight excluding hydrogens is 268 g/mol. The van der Waals surface area contributed by atoms with Crippen LogP contribution in [0.25, 0.3) is 11.0 Å². The van der Waals surface area contributed by atoms with Crippen LogP contribution in [0.15, 0.2) is 6.20 Å². The van der Waals surface area contributed by atoms with E-state index in [4.69, 9.17) is 0 Å². The van der Waals surface area contributed by atoms with Gasteiger partial charge in [0.1, 0.15) is 5.56 Å². The molecule has 0 aliphatic rings. The minimum atomic E-state index is -0.982. The number of anilines is 1. The predicted octanol–water partition coefficient (Wildman–Crippen LogP) is 2.82. The maximum absolute atomic E-state index is 11.5. The second-order valence-corrected chi connectivity index (χ2v) is 6.13. The Morgan fingerprint density at radius 2 is 2.14 bits per heavy atom. The first-order chi connectivity index (χ1) is 9.76. The van der Waals surface area contributed by atoms with Crippen molar-refractivity contribution in [2.24, 2.45) is 12.5 Å². The number of carbonyl (C=O) groups is 1. The van der Waals surface area contributed by atoms with E-state index in [0.717, 1.165) is 17.5 Å². The molecule has 2 heterocycles. The van der Waals surface area contributed by atoms with Crippen LogP contribution in [0.3, 0.4) is 0 Å². The Morgan fingerprint density at radius 3 is 2.71 bits per heavy atom. The number of nitrogens with zero attached hydrogens (tertiary/aromatic N) is 3. The maximum atomic E-state index is 11.5. The van der Waals surface area contributed by atoms with E-state index in [1.165, 1.54) is 6.20 Å². The molecule has 0 bridgehead atoms. The Kier molecular flexibility index (Phi) is 3.89. The fourth-order valence-electron chi connectivity index (χ4n) is 2.21. The molecule has 2 aromatic rings. The Hall–Kier alpha value is -2.11. The smallest absolute Gasteiger partial charge is 0.339 e. The lowest BCUT2D eigenvalue weighted by atomic mass is 9.90. The second-order valence-electron chi connectivity index (χ2n) is 6.13. The first-order valence-electron chi connectivity index (χ1n) is 7.06. The largest absolute Gasteiger partial charge is 0.478 e. The number of carboxylic acids is 1. The van der Waals surface area contributed by atoms with E-state index in [1.54, 1.807) is 4.68 Å². The summed E-state index contributed by atoms with van der Waals surface area (Å²) in [6.45, 7) is 8.98. The Balaban J connectivity index is 2.57. The number of rotatable bonds is 5. The molecule has 114 valence electrons. The zero-order chi connectivity index (χ0) is 15.8. The molecule has 0 aromatic carbocycles. The highest BCUT2D eigenvalue weighted by Crippen LogP contribution is 2.30. The number of nitrogens with one attached hydrogen (secondary N) is 1. The van der Waals surface area contributed by atoms with E-state index in [9.17, 15) is 9.90 Å². The van der Waals surface area contributed by atoms with Crippen LogP contribution in [-0.2, 0) is 7.05 Å². The van der Waals surface area contributed by atoms with E-state index >= 15 is 0 Å². The molecule has 0 amide bonds. The van der Waals surface area contributed by atoms with Crippen LogP contribution in [0.2, 0.25) is 0 Å². The normalized spacial score (nSPS) is 11.9. The van der Waals surface area contributed by atoms with Crippen LogP contribution in [-0.4, -0.2) is 32.4 Å². The number of carboxylic acid groups (broad SMARTS) is 1. The first kappa shape index (κ1) is 15.3. The minimum absolute atomic E-state index is 0.0848. The second kappa shape index (κ2) is 5.35. The molecule has 0 atom stereocenters. The lowest BCUT2D eigenvalue weighted by Crippen LogP contribution is -2.23. The van der Waals surface area contributed by atoms with Gasteiger partial charge in [-0.25, -0.2) is 9.78 Å². The lowest BCUT2D eigenvalue weighted by Gasteiger charge is -2.24. The van der Waals surface area contributed by atoms with Crippen molar-refractivity contribution in [3.05, 3.63) is 17.5 Å². The molecule has 21 heavy (non-hydrogen) atoms. The van der Waals surface area contributed by atoms with Gasteiger partial charge in [0.15, 0.2) is 5.65 Å². The number of fused-ring (bicyclic) bond motifs is 1. The highest BCUT2D eigenvalue weighted by molar-refractivity contribution is 6.04. The van der Waals surface area contributed by atoms with Gasteiger partial charge in [-0.1, -0.05) is 20.8 Å². The van der Waals surface area contributed by atoms with Crippen LogP contribution < -0.4 is 5.32 Å². The van der Waals surface area contributed by atoms with Crippen molar-refractivity contribution in [1.82, 2.24) is 14.8 Å². The molecule has 0 unspecified atom stereocenters. The molecule has 0 fully saturated rings. The molecule has 0 spiro atoms. The van der Waals surface area contributed by atoms with Gasteiger partial charge in [-0.15, -0.1) is 0 Å². The van der Waals surface area contributed by atoms with Gasteiger partial charge >= 0.3 is 5.97 Å². The minimum Gasteiger partial charge on any atom is -0.478 e. The molecule has 0 saturated heterocycles. The number of pyridine rings is 1. The van der Waals surface area contributed by atoms with Crippen LogP contribution in [0, 0.1) is 12.3 Å². The summed E-state index contributed by atoms with van der Waals surface area (Å²) in [6, 6.07) is 0. The Morgan fingerprint density at radius 1 is 1.48 bits per heavy atom. The quantitative estimate of drug-likeness (QED) is 0.885. The van der Waals surface area contributed by atoms with Crippen molar-refractivity contribution in [2.75, 3.05) is 11.9 Å². The molecule has 0 aliphatic carbocycles. The predicted molar refractivity (Wildman–Crippen MR) is 82.8 cm³/mol. The summed E-state index contributed by atoms with van der Waals surface area (Å²) < 4.78 is 1.67. The van der Waals surface area contributed by atoms with Crippen molar-refractivity contribution < 1.29 is 9.90 Å². The molecule has 0 saturated carbocycles. The van der Waals surface area contributed by atoms with Gasteiger partial charge in [0, 0.05) is 19.8 Å². The number of aromatic carboxylic acids is 1. The molecule has 6 heteroatoms. The van der Waals surface area contributed by atoms with Gasteiger partial charge in [-0.05, 0) is 18.8 Å². The van der Waals surface area contributed by atoms with E-state index in [1.807, 2.05) is 14.0 Å². The molecule has 0 aliphatic heterocycles. The van der Waals surface area contributed by atoms with Crippen LogP contribution in [0.1, 0.15) is 43.2 Å². The van der Waals surface area contributed by atoms with Crippen LogP contribution in [0.5, 0.6) is 0 Å². The molecule has 2 aromatic heterocycles. The molecule has 6 nitrogen and oxygen atoms in total. The van der Waals surface area contributed by atoms with Crippen molar-refractivity contribution in [3.8, 4) is 0 Å². The fraction of sp³-hybridized carbons (Fsp3) is 0.533. The number of hydrogen-bond acceptors (Lipinski definition) is 4. The zero-order valence-electron chi connectivity index (χ0n) is 13.2. The summed E-state index contributed by atoms with van der Waals surface area (Å²) in [5.41, 5.74) is 2.35. The zero-order valence-corrected chi connectivity index (χ0v) is 13.2. The average molecular weight is 290 g/mol. The summed E-state index contributed by atoms with van der Waals surface area (Å²) in [4.78, 5) is 15.7. The molecule has 2 rings (SSSR count). The van der Waals surface area contributed by atoms with Gasteiger partial charge in [0.25, 0.3) is 0 Å². The number of hydrogen-bond donors (Lipinski definition) is 2. The summed E-state index contributed by atoms with van der Waals surface area (Å²) in [7, 11) is 1.81. The third-order valence-electron chi connectivity index (χ3n) is 3.96. The van der Waals surface area contributed by atoms with Gasteiger partial charge in [-0.2, -0.15) is 5.10 Å². The monoisotopic (exact) mass is 290 g/mol. The summed E-state index contributed by atoms with van der Waals surface area (Å²) in [5, 5.41) is 17.8. The van der Waals surface area contributed by atoms with Crippen molar-refractivity contribution in [3.63, 3.8) is 0 Å². The van der Waals surface area contributed by atoms with E-state index in [0.29, 0.717) is 17.9 Å². The first-order valence-corrected chi connectivity index (χ1v) is 7.06. The van der Waals surface area contributed by atoms with Gasteiger partial charge in [0.2, 0.25) is 0 Å². The topological polar surface area (TPSA) is 80.0 Å². The van der Waals surface area contributed by atoms with Crippen molar-refractivity contribution in [1.29, 1.82) is 0 Å². The van der Waals surface area contributed by atoms with E-state index in [2.05, 4.69) is 36.2 Å². The molecule has 2 N–H and O–H groups in total. The lowest BCUT2D eigenvalue weighted by molar-refractivity contribution is 0.0697. The third kappa shape index (κ3) is 2.84. The number of aryl methyl sites for hydroxylation is 2. The summed E-state index contributed by atoms with van der Waals surface area (Å²) in [6.07, 6.45) is 2.40. The average Bonchev–Trinajstić information content (AvgIpc) is 2.71. The van der Waals surface area contributed by atoms with Crippen molar-refractivity contribution >= 4 is 22.7 Å². The fourth-order valence-corrected chi connectivity index (χ4v) is 2.21. The molecule has 0 radical (unpaired) electrons. The Labute approximate surface area is 124 Å². The summed E-state index contributed by atoms with van der Waals surface area (Å²) >= 11 is 0. The van der Waals surface area contributed by atoms with Gasteiger partial charge in [0.05, 0.1) is 16.8 Å². The SMILES string of the molecule is CCC(C)(C)CNc1c(C(=O)O)cnc2c1c(C)nn2C. The van der Waals surface area contributed by atoms with E-state index in [-0.39, 0.29) is 11.0 Å². The van der Waals surface area contributed by atoms with E-state index < -0.39 is 5.97 Å². The van der Waals surface area contributed by atoms with Gasteiger partial charge in [-0.3, -0.25) is 4.68 Å². The summed E-state index contributed by atoms with van der Waals surface area (Å²) in [5.74, 6) is -0.982. The maximum Gasteiger partial charge on any atom is 0.339 e. The van der Waals surface area contributed by atoms with Crippen LogP contribution >= 0.6 is 0 Å². The Bertz CT molecular complexity index is 689. The van der Waals surface area contributed by atoms with Crippen molar-refractivity contribution in [2.45, 2.75) is 34.1 Å².